The lowest BCUT2D eigenvalue weighted by atomic mass is 10.3. The van der Waals surface area contributed by atoms with Gasteiger partial charge in [0.2, 0.25) is 5.90 Å². The molecule has 0 fully saturated rings. The topological polar surface area (TPSA) is 21.6 Å². The number of hydrogen-bond donors (Lipinski definition) is 0. The summed E-state index contributed by atoms with van der Waals surface area (Å²) in [5.41, 5.74) is 0. The molecule has 1 aliphatic heterocycles. The average Bonchev–Trinajstić information content (AvgIpc) is 2.54. The molecule has 0 saturated carbocycles. The summed E-state index contributed by atoms with van der Waals surface area (Å²) in [4.78, 5) is 4.17. The third-order valence-corrected chi connectivity index (χ3v) is 2.29. The Morgan fingerprint density at radius 3 is 2.69 bits per heavy atom. The first-order valence-electron chi connectivity index (χ1n) is 4.27. The van der Waals surface area contributed by atoms with Crippen LogP contribution in [0.15, 0.2) is 35.3 Å². The Labute approximate surface area is 82.2 Å². The molecule has 0 amide bonds. The highest BCUT2D eigenvalue weighted by Gasteiger charge is 2.20. The van der Waals surface area contributed by atoms with Crippen LogP contribution in [0.1, 0.15) is 6.42 Å². The number of halogens is 1. The van der Waals surface area contributed by atoms with E-state index in [0.29, 0.717) is 5.90 Å². The molecule has 0 aliphatic carbocycles. The van der Waals surface area contributed by atoms with E-state index >= 15 is 0 Å². The van der Waals surface area contributed by atoms with E-state index in [0.717, 1.165) is 18.7 Å². The van der Waals surface area contributed by atoms with E-state index in [1.165, 1.54) is 0 Å². The zero-order valence-corrected chi connectivity index (χ0v) is 7.87. The number of para-hydroxylation sites is 1. The molecule has 0 radical (unpaired) electrons. The monoisotopic (exact) mass is 195 g/mol. The first-order valence-corrected chi connectivity index (χ1v) is 4.71. The van der Waals surface area contributed by atoms with E-state index in [9.17, 15) is 0 Å². The van der Waals surface area contributed by atoms with Gasteiger partial charge in [0.05, 0.1) is 0 Å². The van der Waals surface area contributed by atoms with Crippen LogP contribution in [0.2, 0.25) is 0 Å². The number of benzene rings is 1. The Hall–Kier alpha value is -1.02. The second-order valence-electron chi connectivity index (χ2n) is 2.89. The van der Waals surface area contributed by atoms with Gasteiger partial charge in [-0.25, -0.2) is 0 Å². The zero-order chi connectivity index (χ0) is 9.10. The van der Waals surface area contributed by atoms with Crippen molar-refractivity contribution in [2.24, 2.45) is 4.99 Å². The Morgan fingerprint density at radius 1 is 1.31 bits per heavy atom. The van der Waals surface area contributed by atoms with Crippen molar-refractivity contribution in [1.82, 2.24) is 0 Å². The van der Waals surface area contributed by atoms with E-state index in [2.05, 4.69) is 4.99 Å². The molecular formula is C10H10ClNO. The van der Waals surface area contributed by atoms with Crippen molar-refractivity contribution in [1.29, 1.82) is 0 Å². The minimum Gasteiger partial charge on any atom is -0.442 e. The fourth-order valence-electron chi connectivity index (χ4n) is 1.22. The van der Waals surface area contributed by atoms with Gasteiger partial charge in [0.15, 0.2) is 0 Å². The second-order valence-corrected chi connectivity index (χ2v) is 3.42. The average molecular weight is 196 g/mol. The predicted molar refractivity (Wildman–Crippen MR) is 53.6 cm³/mol. The summed E-state index contributed by atoms with van der Waals surface area (Å²) < 4.78 is 5.51. The van der Waals surface area contributed by atoms with Crippen LogP contribution in [0.3, 0.4) is 0 Å². The van der Waals surface area contributed by atoms with Gasteiger partial charge in [-0.05, 0) is 18.6 Å². The first kappa shape index (κ1) is 8.57. The van der Waals surface area contributed by atoms with Crippen LogP contribution in [0.25, 0.3) is 0 Å². The van der Waals surface area contributed by atoms with Crippen molar-refractivity contribution >= 4 is 17.5 Å². The molecular weight excluding hydrogens is 186 g/mol. The highest BCUT2D eigenvalue weighted by Crippen LogP contribution is 2.17. The maximum absolute atomic E-state index is 5.97. The number of aliphatic imine (C=N–C) groups is 1. The summed E-state index contributed by atoms with van der Waals surface area (Å²) in [6, 6.07) is 9.58. The summed E-state index contributed by atoms with van der Waals surface area (Å²) in [6.07, 6.45) is 0.879. The second kappa shape index (κ2) is 3.79. The summed E-state index contributed by atoms with van der Waals surface area (Å²) in [5.74, 6) is 1.45. The van der Waals surface area contributed by atoms with Crippen molar-refractivity contribution < 1.29 is 4.74 Å². The van der Waals surface area contributed by atoms with Crippen LogP contribution in [-0.2, 0) is 0 Å². The molecule has 1 heterocycles. The molecule has 1 unspecified atom stereocenters. The predicted octanol–water partition coefficient (Wildman–Crippen LogP) is 2.48. The van der Waals surface area contributed by atoms with Crippen LogP contribution in [0.5, 0.6) is 5.75 Å². The lowest BCUT2D eigenvalue weighted by Gasteiger charge is -2.06. The van der Waals surface area contributed by atoms with Gasteiger partial charge in [0.1, 0.15) is 11.1 Å². The Balaban J connectivity index is 2.06. The van der Waals surface area contributed by atoms with Crippen molar-refractivity contribution in [3.63, 3.8) is 0 Å². The zero-order valence-electron chi connectivity index (χ0n) is 7.11. The summed E-state index contributed by atoms with van der Waals surface area (Å²) in [7, 11) is 0. The molecule has 0 bridgehead atoms. The third-order valence-electron chi connectivity index (χ3n) is 1.88. The minimum atomic E-state index is -0.0554. The lowest BCUT2D eigenvalue weighted by Crippen LogP contribution is -2.16. The van der Waals surface area contributed by atoms with Gasteiger partial charge >= 0.3 is 0 Å². The lowest BCUT2D eigenvalue weighted by molar-refractivity contribution is 0.540. The van der Waals surface area contributed by atoms with Gasteiger partial charge in [-0.15, -0.1) is 11.6 Å². The molecule has 1 atom stereocenters. The van der Waals surface area contributed by atoms with Gasteiger partial charge in [-0.1, -0.05) is 18.2 Å². The number of ether oxygens (including phenoxy) is 1. The van der Waals surface area contributed by atoms with Crippen LogP contribution in [-0.4, -0.2) is 17.8 Å². The SMILES string of the molecule is ClC1CCN=C1Oc1ccccc1. The molecule has 0 saturated heterocycles. The highest BCUT2D eigenvalue weighted by molar-refractivity contribution is 6.31. The quantitative estimate of drug-likeness (QED) is 0.631. The third kappa shape index (κ3) is 2.01. The summed E-state index contributed by atoms with van der Waals surface area (Å²) >= 11 is 5.97. The number of hydrogen-bond acceptors (Lipinski definition) is 2. The van der Waals surface area contributed by atoms with Gasteiger partial charge in [-0.3, -0.25) is 4.99 Å². The highest BCUT2D eigenvalue weighted by atomic mass is 35.5. The molecule has 13 heavy (non-hydrogen) atoms. The summed E-state index contributed by atoms with van der Waals surface area (Å²) in [6.45, 7) is 0.774. The minimum absolute atomic E-state index is 0.0554. The fraction of sp³-hybridized carbons (Fsp3) is 0.300. The molecule has 1 aromatic rings. The smallest absolute Gasteiger partial charge is 0.208 e. The van der Waals surface area contributed by atoms with E-state index in [1.807, 2.05) is 30.3 Å². The van der Waals surface area contributed by atoms with Crippen molar-refractivity contribution in [2.75, 3.05) is 6.54 Å². The van der Waals surface area contributed by atoms with Crippen LogP contribution in [0, 0.1) is 0 Å². The molecule has 2 nitrogen and oxygen atoms in total. The maximum atomic E-state index is 5.97. The molecule has 1 aromatic carbocycles. The summed E-state index contributed by atoms with van der Waals surface area (Å²) in [5, 5.41) is -0.0554. The van der Waals surface area contributed by atoms with Crippen LogP contribution in [0.4, 0.5) is 0 Å². The molecule has 0 N–H and O–H groups in total. The Kier molecular flexibility index (Phi) is 2.50. The molecule has 1 aliphatic rings. The Bertz CT molecular complexity index is 310. The van der Waals surface area contributed by atoms with Crippen LogP contribution >= 0.6 is 11.6 Å². The van der Waals surface area contributed by atoms with Crippen molar-refractivity contribution in [3.05, 3.63) is 30.3 Å². The maximum Gasteiger partial charge on any atom is 0.208 e. The van der Waals surface area contributed by atoms with Gasteiger partial charge in [0.25, 0.3) is 0 Å². The number of nitrogens with zero attached hydrogens (tertiary/aromatic N) is 1. The van der Waals surface area contributed by atoms with E-state index in [4.69, 9.17) is 16.3 Å². The van der Waals surface area contributed by atoms with Crippen molar-refractivity contribution in [3.8, 4) is 5.75 Å². The van der Waals surface area contributed by atoms with E-state index in [-0.39, 0.29) is 5.38 Å². The van der Waals surface area contributed by atoms with Gasteiger partial charge < -0.3 is 4.74 Å². The molecule has 0 aromatic heterocycles. The standard InChI is InChI=1S/C10H10ClNO/c11-9-6-7-12-10(9)13-8-4-2-1-3-5-8/h1-5,9H,6-7H2. The Morgan fingerprint density at radius 2 is 2.08 bits per heavy atom. The van der Waals surface area contributed by atoms with Crippen LogP contribution < -0.4 is 4.74 Å². The normalized spacial score (nSPS) is 21.3. The van der Waals surface area contributed by atoms with Gasteiger partial charge in [-0.2, -0.15) is 0 Å². The first-order chi connectivity index (χ1) is 6.36. The molecule has 2 rings (SSSR count). The molecule has 0 spiro atoms. The molecule has 3 heteroatoms. The molecule has 68 valence electrons. The van der Waals surface area contributed by atoms with E-state index < -0.39 is 0 Å². The number of rotatable bonds is 1. The van der Waals surface area contributed by atoms with E-state index in [1.54, 1.807) is 0 Å². The fourth-order valence-corrected chi connectivity index (χ4v) is 1.43. The van der Waals surface area contributed by atoms with Crippen molar-refractivity contribution in [2.45, 2.75) is 11.8 Å². The number of alkyl halides is 1. The van der Waals surface area contributed by atoms with Gasteiger partial charge in [0, 0.05) is 6.54 Å². The largest absolute Gasteiger partial charge is 0.442 e.